The Kier molecular flexibility index (Phi) is 6.11. The Morgan fingerprint density at radius 2 is 2.03 bits per heavy atom. The molecule has 4 rings (SSSR count). The number of carbonyl (C=O) groups is 1. The maximum atomic E-state index is 12.6. The third kappa shape index (κ3) is 4.59. The number of nitrogens with one attached hydrogen (secondary N) is 4. The molecule has 6 N–H and O–H groups in total. The molecule has 1 atom stereocenters. The van der Waals surface area contributed by atoms with Gasteiger partial charge in [0, 0.05) is 55.4 Å². The van der Waals surface area contributed by atoms with Gasteiger partial charge in [-0.25, -0.2) is 0 Å². The number of aromatic amines is 1. The average molecular weight is 432 g/mol. The van der Waals surface area contributed by atoms with Crippen LogP contribution in [-0.4, -0.2) is 54.8 Å². The number of amides is 1. The van der Waals surface area contributed by atoms with Gasteiger partial charge in [-0.15, -0.1) is 0 Å². The second kappa shape index (κ2) is 9.13. The van der Waals surface area contributed by atoms with Crippen LogP contribution in [0.15, 0.2) is 53.7 Å². The van der Waals surface area contributed by atoms with Crippen molar-refractivity contribution in [3.8, 4) is 0 Å². The highest BCUT2D eigenvalue weighted by atomic mass is 16.1. The molecular formula is C24H29N7O. The quantitative estimate of drug-likeness (QED) is 0.304. The van der Waals surface area contributed by atoms with E-state index in [9.17, 15) is 4.79 Å². The standard InChI is InChI=1S/C24H29N7O/c1-31(2)24-28-12-10-20(30-24)16-4-6-17(7-5-16)23(32)27-11-9-15-3-8-21-18(13-15)19(14-29-21)22(25)26/h3-8,13-14,20,29H,9-12H2,1-2H3,(H3,25,26)(H,27,32)(H,28,30). The van der Waals surface area contributed by atoms with Crippen LogP contribution >= 0.6 is 0 Å². The molecule has 1 amide bonds. The maximum Gasteiger partial charge on any atom is 0.251 e. The summed E-state index contributed by atoms with van der Waals surface area (Å²) >= 11 is 0. The van der Waals surface area contributed by atoms with Crippen LogP contribution in [0.4, 0.5) is 0 Å². The minimum atomic E-state index is -0.0872. The van der Waals surface area contributed by atoms with E-state index in [1.54, 1.807) is 6.20 Å². The van der Waals surface area contributed by atoms with Crippen LogP contribution in [0, 0.1) is 5.41 Å². The first-order valence-electron chi connectivity index (χ1n) is 10.7. The van der Waals surface area contributed by atoms with Crippen molar-refractivity contribution in [2.75, 3.05) is 27.2 Å². The lowest BCUT2D eigenvalue weighted by molar-refractivity contribution is 0.0954. The van der Waals surface area contributed by atoms with Crippen molar-refractivity contribution in [3.63, 3.8) is 0 Å². The van der Waals surface area contributed by atoms with E-state index >= 15 is 0 Å². The number of hydrogen-bond donors (Lipinski definition) is 5. The Labute approximate surface area is 187 Å². The number of rotatable bonds is 6. The van der Waals surface area contributed by atoms with Gasteiger partial charge in [0.05, 0.1) is 6.04 Å². The van der Waals surface area contributed by atoms with Crippen molar-refractivity contribution in [3.05, 3.63) is 70.9 Å². The number of aliphatic imine (C=N–C) groups is 1. The molecule has 2 aromatic carbocycles. The van der Waals surface area contributed by atoms with Crippen LogP contribution in [0.5, 0.6) is 0 Å². The van der Waals surface area contributed by atoms with Crippen molar-refractivity contribution in [2.24, 2.45) is 10.7 Å². The number of guanidine groups is 1. The van der Waals surface area contributed by atoms with Crippen LogP contribution in [0.2, 0.25) is 0 Å². The van der Waals surface area contributed by atoms with Crippen molar-refractivity contribution < 1.29 is 4.79 Å². The fourth-order valence-corrected chi connectivity index (χ4v) is 3.93. The lowest BCUT2D eigenvalue weighted by Crippen LogP contribution is -2.41. The maximum absolute atomic E-state index is 12.6. The van der Waals surface area contributed by atoms with Gasteiger partial charge >= 0.3 is 0 Å². The van der Waals surface area contributed by atoms with Crippen molar-refractivity contribution in [1.82, 2.24) is 20.5 Å². The molecule has 1 aromatic heterocycles. The number of hydrogen-bond acceptors (Lipinski definition) is 5. The van der Waals surface area contributed by atoms with Crippen molar-refractivity contribution >= 4 is 28.6 Å². The molecule has 1 unspecified atom stereocenters. The summed E-state index contributed by atoms with van der Waals surface area (Å²) < 4.78 is 0. The fourth-order valence-electron chi connectivity index (χ4n) is 3.93. The molecule has 3 aromatic rings. The van der Waals surface area contributed by atoms with Crippen molar-refractivity contribution in [1.29, 1.82) is 5.41 Å². The third-order valence-electron chi connectivity index (χ3n) is 5.72. The highest BCUT2D eigenvalue weighted by molar-refractivity contribution is 6.07. The van der Waals surface area contributed by atoms with Crippen LogP contribution in [-0.2, 0) is 6.42 Å². The molecule has 0 radical (unpaired) electrons. The zero-order valence-electron chi connectivity index (χ0n) is 18.4. The molecule has 166 valence electrons. The molecule has 0 spiro atoms. The SMILES string of the molecule is CN(C)C1=NCCC(c2ccc(C(=O)NCCc3ccc4[nH]cc(C(=N)N)c4c3)cc2)N1. The number of carbonyl (C=O) groups excluding carboxylic acids is 1. The van der Waals surface area contributed by atoms with Gasteiger partial charge in [-0.05, 0) is 48.2 Å². The number of nitrogen functional groups attached to an aromatic ring is 1. The Balaban J connectivity index is 1.34. The first-order valence-corrected chi connectivity index (χ1v) is 10.7. The Morgan fingerprint density at radius 1 is 1.25 bits per heavy atom. The van der Waals surface area contributed by atoms with E-state index in [0.717, 1.165) is 41.0 Å². The molecule has 0 saturated heterocycles. The fraction of sp³-hybridized carbons (Fsp3) is 0.292. The van der Waals surface area contributed by atoms with Gasteiger partial charge in [0.15, 0.2) is 5.96 Å². The van der Waals surface area contributed by atoms with Gasteiger partial charge in [0.2, 0.25) is 0 Å². The molecule has 2 heterocycles. The summed E-state index contributed by atoms with van der Waals surface area (Å²) in [6.07, 6.45) is 3.37. The number of benzene rings is 2. The molecule has 1 aliphatic heterocycles. The van der Waals surface area contributed by atoms with Crippen molar-refractivity contribution in [2.45, 2.75) is 18.9 Å². The van der Waals surface area contributed by atoms with Crippen LogP contribution in [0.1, 0.15) is 39.5 Å². The lowest BCUT2D eigenvalue weighted by Gasteiger charge is -2.28. The second-order valence-electron chi connectivity index (χ2n) is 8.21. The minimum absolute atomic E-state index is 0.0406. The van der Waals surface area contributed by atoms with E-state index in [-0.39, 0.29) is 17.8 Å². The third-order valence-corrected chi connectivity index (χ3v) is 5.72. The summed E-state index contributed by atoms with van der Waals surface area (Å²) in [5.74, 6) is 0.839. The topological polar surface area (TPSA) is 122 Å². The summed E-state index contributed by atoms with van der Waals surface area (Å²) in [7, 11) is 3.94. The van der Waals surface area contributed by atoms with E-state index in [4.69, 9.17) is 11.1 Å². The summed E-state index contributed by atoms with van der Waals surface area (Å²) in [5, 5.41) is 15.1. The summed E-state index contributed by atoms with van der Waals surface area (Å²) in [6, 6.07) is 14.0. The number of nitrogens with zero attached hydrogens (tertiary/aromatic N) is 2. The number of H-pyrrole nitrogens is 1. The monoisotopic (exact) mass is 431 g/mol. The zero-order chi connectivity index (χ0) is 22.7. The van der Waals surface area contributed by atoms with Gasteiger partial charge in [-0.2, -0.15) is 0 Å². The Hall–Kier alpha value is -3.81. The average Bonchev–Trinajstić information content (AvgIpc) is 3.23. The molecule has 8 nitrogen and oxygen atoms in total. The van der Waals surface area contributed by atoms with Gasteiger partial charge in [0.1, 0.15) is 5.84 Å². The number of amidine groups is 1. The highest BCUT2D eigenvalue weighted by Crippen LogP contribution is 2.21. The molecular weight excluding hydrogens is 402 g/mol. The predicted molar refractivity (Wildman–Crippen MR) is 128 cm³/mol. The molecule has 8 heteroatoms. The number of aromatic nitrogens is 1. The molecule has 0 saturated carbocycles. The second-order valence-corrected chi connectivity index (χ2v) is 8.21. The van der Waals surface area contributed by atoms with Gasteiger partial charge in [-0.3, -0.25) is 15.2 Å². The summed E-state index contributed by atoms with van der Waals surface area (Å²) in [5.41, 5.74) is 10.2. The van der Waals surface area contributed by atoms with Gasteiger partial charge in [0.25, 0.3) is 5.91 Å². The zero-order valence-corrected chi connectivity index (χ0v) is 18.4. The largest absolute Gasteiger partial charge is 0.384 e. The molecule has 0 aliphatic carbocycles. The Morgan fingerprint density at radius 3 is 2.75 bits per heavy atom. The number of fused-ring (bicyclic) bond motifs is 1. The summed E-state index contributed by atoms with van der Waals surface area (Å²) in [6.45, 7) is 1.31. The van der Waals surface area contributed by atoms with E-state index in [1.165, 1.54) is 0 Å². The van der Waals surface area contributed by atoms with Gasteiger partial charge in [-0.1, -0.05) is 18.2 Å². The highest BCUT2D eigenvalue weighted by Gasteiger charge is 2.18. The number of nitrogens with two attached hydrogens (primary N) is 1. The molecule has 1 aliphatic rings. The van der Waals surface area contributed by atoms with E-state index in [1.807, 2.05) is 61.5 Å². The van der Waals surface area contributed by atoms with E-state index in [0.29, 0.717) is 24.1 Å². The molecule has 0 bridgehead atoms. The van der Waals surface area contributed by atoms with Crippen LogP contribution in [0.3, 0.4) is 0 Å². The van der Waals surface area contributed by atoms with E-state index in [2.05, 4.69) is 20.6 Å². The van der Waals surface area contributed by atoms with Crippen LogP contribution < -0.4 is 16.4 Å². The minimum Gasteiger partial charge on any atom is -0.384 e. The molecule has 0 fully saturated rings. The van der Waals surface area contributed by atoms with Crippen LogP contribution in [0.25, 0.3) is 10.9 Å². The van der Waals surface area contributed by atoms with Gasteiger partial charge < -0.3 is 26.3 Å². The Bertz CT molecular complexity index is 1160. The lowest BCUT2D eigenvalue weighted by atomic mass is 10.0. The summed E-state index contributed by atoms with van der Waals surface area (Å²) in [4.78, 5) is 22.2. The first kappa shape index (κ1) is 21.4. The normalized spacial score (nSPS) is 15.7. The van der Waals surface area contributed by atoms with E-state index < -0.39 is 0 Å². The smallest absolute Gasteiger partial charge is 0.251 e. The molecule has 32 heavy (non-hydrogen) atoms. The predicted octanol–water partition coefficient (Wildman–Crippen LogP) is 2.38. The first-order chi connectivity index (χ1) is 15.4.